The Morgan fingerprint density at radius 1 is 1.07 bits per heavy atom. The monoisotopic (exact) mass is 395 g/mol. The molecule has 7 heteroatoms. The summed E-state index contributed by atoms with van der Waals surface area (Å²) in [7, 11) is -3.46. The first-order valence-corrected chi connectivity index (χ1v) is 10.9. The number of rotatable bonds is 6. The molecule has 3 aromatic rings. The number of anilines is 1. The van der Waals surface area contributed by atoms with Gasteiger partial charge >= 0.3 is 0 Å². The minimum Gasteiger partial charge on any atom is -0.328 e. The van der Waals surface area contributed by atoms with Gasteiger partial charge in [0.15, 0.2) is 9.84 Å². The van der Waals surface area contributed by atoms with Gasteiger partial charge in [-0.25, -0.2) is 13.4 Å². The van der Waals surface area contributed by atoms with Crippen LogP contribution in [0.4, 0.5) is 5.69 Å². The maximum atomic E-state index is 12.3. The van der Waals surface area contributed by atoms with Gasteiger partial charge in [0.2, 0.25) is 5.91 Å². The van der Waals surface area contributed by atoms with E-state index in [-0.39, 0.29) is 23.0 Å². The van der Waals surface area contributed by atoms with Gasteiger partial charge in [-0.15, -0.1) is 0 Å². The molecule has 1 amide bonds. The van der Waals surface area contributed by atoms with E-state index in [4.69, 9.17) is 0 Å². The maximum absolute atomic E-state index is 12.3. The lowest BCUT2D eigenvalue weighted by molar-refractivity contribution is -0.115. The van der Waals surface area contributed by atoms with Crippen molar-refractivity contribution >= 4 is 21.4 Å². The van der Waals surface area contributed by atoms with Crippen LogP contribution in [0.15, 0.2) is 65.7 Å². The van der Waals surface area contributed by atoms with E-state index in [1.807, 2.05) is 30.5 Å². The largest absolute Gasteiger partial charge is 0.328 e. The fourth-order valence-electron chi connectivity index (χ4n) is 3.41. The molecule has 0 unspecified atom stereocenters. The van der Waals surface area contributed by atoms with Crippen molar-refractivity contribution in [1.29, 1.82) is 0 Å². The second-order valence-corrected chi connectivity index (χ2v) is 8.93. The first-order valence-electron chi connectivity index (χ1n) is 9.25. The zero-order valence-corrected chi connectivity index (χ0v) is 16.2. The third-order valence-electron chi connectivity index (χ3n) is 4.88. The number of sulfone groups is 1. The van der Waals surface area contributed by atoms with Crippen molar-refractivity contribution in [2.24, 2.45) is 0 Å². The molecule has 0 atom stereocenters. The van der Waals surface area contributed by atoms with E-state index < -0.39 is 9.84 Å². The summed E-state index contributed by atoms with van der Waals surface area (Å²) in [6, 6.07) is 15.7. The quantitative estimate of drug-likeness (QED) is 0.694. The van der Waals surface area contributed by atoms with Crippen LogP contribution >= 0.6 is 0 Å². The van der Waals surface area contributed by atoms with Crippen molar-refractivity contribution in [3.8, 4) is 11.3 Å². The molecule has 2 aromatic carbocycles. The van der Waals surface area contributed by atoms with Gasteiger partial charge in [0, 0.05) is 25.1 Å². The Morgan fingerprint density at radius 2 is 1.82 bits per heavy atom. The predicted molar refractivity (Wildman–Crippen MR) is 108 cm³/mol. The highest BCUT2D eigenvalue weighted by Gasteiger charge is 2.17. The number of nitrogens with one attached hydrogen (secondary N) is 1. The van der Waals surface area contributed by atoms with Gasteiger partial charge in [0.05, 0.1) is 22.5 Å². The Hall–Kier alpha value is -2.93. The summed E-state index contributed by atoms with van der Waals surface area (Å²) in [6.07, 6.45) is 3.93. The third-order valence-corrected chi connectivity index (χ3v) is 6.62. The molecule has 1 aliphatic heterocycles. The molecule has 4 rings (SSSR count). The second kappa shape index (κ2) is 7.59. The lowest BCUT2D eigenvalue weighted by Gasteiger charge is -2.08. The topological polar surface area (TPSA) is 81.1 Å². The molecule has 1 N–H and O–H groups in total. The van der Waals surface area contributed by atoms with Crippen LogP contribution in [-0.2, 0) is 27.6 Å². The van der Waals surface area contributed by atoms with Crippen LogP contribution in [0.1, 0.15) is 18.7 Å². The number of aryl methyl sites for hydroxylation is 1. The van der Waals surface area contributed by atoms with Crippen LogP contribution in [-0.4, -0.2) is 29.6 Å². The average Bonchev–Trinajstić information content (AvgIpc) is 3.32. The number of benzene rings is 2. The van der Waals surface area contributed by atoms with Crippen LogP contribution in [0.3, 0.4) is 0 Å². The van der Waals surface area contributed by atoms with Gasteiger partial charge in [0.25, 0.3) is 0 Å². The van der Waals surface area contributed by atoms with E-state index in [1.54, 1.807) is 30.3 Å². The van der Waals surface area contributed by atoms with E-state index in [1.165, 1.54) is 0 Å². The van der Waals surface area contributed by atoms with Gasteiger partial charge < -0.3 is 9.88 Å². The number of aromatic nitrogens is 2. The number of nitrogens with zero attached hydrogens (tertiary/aromatic N) is 2. The highest BCUT2D eigenvalue weighted by molar-refractivity contribution is 7.91. The van der Waals surface area contributed by atoms with Crippen molar-refractivity contribution in [2.45, 2.75) is 30.7 Å². The highest BCUT2D eigenvalue weighted by Crippen LogP contribution is 2.26. The zero-order chi connectivity index (χ0) is 19.6. The molecule has 0 saturated heterocycles. The Bertz CT molecular complexity index is 1090. The van der Waals surface area contributed by atoms with Crippen LogP contribution in [0.2, 0.25) is 0 Å². The molecule has 0 radical (unpaired) electrons. The lowest BCUT2D eigenvalue weighted by Crippen LogP contribution is -2.17. The van der Waals surface area contributed by atoms with Gasteiger partial charge in [-0.1, -0.05) is 30.3 Å². The Labute approximate surface area is 164 Å². The fraction of sp³-hybridized carbons (Fsp3) is 0.238. The van der Waals surface area contributed by atoms with Gasteiger partial charge in [-0.2, -0.15) is 0 Å². The summed E-state index contributed by atoms with van der Waals surface area (Å²) in [4.78, 5) is 16.9. The van der Waals surface area contributed by atoms with E-state index in [0.29, 0.717) is 5.69 Å². The highest BCUT2D eigenvalue weighted by atomic mass is 32.2. The summed E-state index contributed by atoms with van der Waals surface area (Å²) in [5.74, 6) is 0.576. The molecule has 6 nitrogen and oxygen atoms in total. The SMILES string of the molecule is O=C(CCS(=O)(=O)c1ccccc1)Nc1ccc(-c2cnc3n2CCC3)cc1. The Kier molecular flexibility index (Phi) is 5.00. The first-order chi connectivity index (χ1) is 13.5. The molecule has 1 aliphatic rings. The van der Waals surface area contributed by atoms with Gasteiger partial charge in [0.1, 0.15) is 5.82 Å². The number of hydrogen-bond acceptors (Lipinski definition) is 4. The summed E-state index contributed by atoms with van der Waals surface area (Å²) in [5.41, 5.74) is 2.77. The van der Waals surface area contributed by atoms with Crippen LogP contribution < -0.4 is 5.32 Å². The van der Waals surface area contributed by atoms with Gasteiger partial charge in [-0.3, -0.25) is 4.79 Å². The molecule has 144 valence electrons. The van der Waals surface area contributed by atoms with Crippen molar-refractivity contribution in [3.63, 3.8) is 0 Å². The summed E-state index contributed by atoms with van der Waals surface area (Å²) >= 11 is 0. The maximum Gasteiger partial charge on any atom is 0.225 e. The van der Waals surface area contributed by atoms with Crippen molar-refractivity contribution in [1.82, 2.24) is 9.55 Å². The molecule has 0 spiro atoms. The van der Waals surface area contributed by atoms with Crippen LogP contribution in [0.25, 0.3) is 11.3 Å². The zero-order valence-electron chi connectivity index (χ0n) is 15.3. The van der Waals surface area contributed by atoms with E-state index >= 15 is 0 Å². The van der Waals surface area contributed by atoms with Crippen molar-refractivity contribution in [2.75, 3.05) is 11.1 Å². The lowest BCUT2D eigenvalue weighted by atomic mass is 10.1. The molecule has 0 fully saturated rings. The predicted octanol–water partition coefficient (Wildman–Crippen LogP) is 3.30. The van der Waals surface area contributed by atoms with Crippen LogP contribution in [0, 0.1) is 0 Å². The molecule has 28 heavy (non-hydrogen) atoms. The normalized spacial score (nSPS) is 13.3. The molecule has 0 saturated carbocycles. The molecule has 2 heterocycles. The fourth-order valence-corrected chi connectivity index (χ4v) is 4.67. The first kappa shape index (κ1) is 18.4. The smallest absolute Gasteiger partial charge is 0.225 e. The number of fused-ring (bicyclic) bond motifs is 1. The molecule has 0 aliphatic carbocycles. The third kappa shape index (κ3) is 3.84. The number of hydrogen-bond donors (Lipinski definition) is 1. The molecule has 1 aromatic heterocycles. The summed E-state index contributed by atoms with van der Waals surface area (Å²) in [5, 5.41) is 2.76. The average molecular weight is 395 g/mol. The summed E-state index contributed by atoms with van der Waals surface area (Å²) in [6.45, 7) is 0.985. The number of carbonyl (C=O) groups excluding carboxylic acids is 1. The van der Waals surface area contributed by atoms with E-state index in [0.717, 1.165) is 36.5 Å². The molecular formula is C21H21N3O3S. The standard InChI is InChI=1S/C21H21N3O3S/c25-21(12-14-28(26,27)18-5-2-1-3-6-18)23-17-10-8-16(9-11-17)19-15-22-20-7-4-13-24(19)20/h1-3,5-6,8-11,15H,4,7,12-14H2,(H,23,25). The van der Waals surface area contributed by atoms with Crippen molar-refractivity contribution in [3.05, 3.63) is 66.6 Å². The molecule has 0 bridgehead atoms. The number of amides is 1. The Balaban J connectivity index is 1.37. The minimum absolute atomic E-state index is 0.0882. The second-order valence-electron chi connectivity index (χ2n) is 6.82. The molecular weight excluding hydrogens is 374 g/mol. The van der Waals surface area contributed by atoms with Crippen molar-refractivity contribution < 1.29 is 13.2 Å². The van der Waals surface area contributed by atoms with Crippen LogP contribution in [0.5, 0.6) is 0 Å². The minimum atomic E-state index is -3.46. The van der Waals surface area contributed by atoms with E-state index in [9.17, 15) is 13.2 Å². The number of imidazole rings is 1. The summed E-state index contributed by atoms with van der Waals surface area (Å²) < 4.78 is 26.8. The van der Waals surface area contributed by atoms with Gasteiger partial charge in [-0.05, 0) is 36.2 Å². The Morgan fingerprint density at radius 3 is 2.57 bits per heavy atom. The van der Waals surface area contributed by atoms with E-state index in [2.05, 4.69) is 14.9 Å². The number of carbonyl (C=O) groups is 1.